The van der Waals surface area contributed by atoms with Gasteiger partial charge < -0.3 is 15.1 Å². The van der Waals surface area contributed by atoms with E-state index in [0.29, 0.717) is 26.1 Å². The number of likely N-dealkylation sites (N-methyl/N-ethyl adjacent to an activating group) is 1. The van der Waals surface area contributed by atoms with E-state index in [1.165, 1.54) is 0 Å². The van der Waals surface area contributed by atoms with Gasteiger partial charge >= 0.3 is 6.03 Å². The van der Waals surface area contributed by atoms with Gasteiger partial charge in [0.2, 0.25) is 11.8 Å². The average Bonchev–Trinajstić information content (AvgIpc) is 2.84. The normalized spacial score (nSPS) is 20.9. The summed E-state index contributed by atoms with van der Waals surface area (Å²) in [6, 6.07) is 18.9. The Hall–Kier alpha value is -3.39. The van der Waals surface area contributed by atoms with Crippen LogP contribution in [0.1, 0.15) is 30.9 Å². The van der Waals surface area contributed by atoms with Crippen molar-refractivity contribution in [3.05, 3.63) is 71.8 Å². The molecule has 34 heavy (non-hydrogen) atoms. The smallest absolute Gasteiger partial charge is 0.334 e. The maximum Gasteiger partial charge on any atom is 0.334 e. The number of amides is 4. The van der Waals surface area contributed by atoms with E-state index in [0.717, 1.165) is 24.0 Å². The Labute approximate surface area is 201 Å². The second-order valence-electron chi connectivity index (χ2n) is 8.91. The molecule has 2 fully saturated rings. The molecule has 0 spiro atoms. The Morgan fingerprint density at radius 1 is 1.00 bits per heavy atom. The van der Waals surface area contributed by atoms with E-state index in [2.05, 4.69) is 5.32 Å². The van der Waals surface area contributed by atoms with E-state index in [1.54, 1.807) is 22.0 Å². The van der Waals surface area contributed by atoms with E-state index in [-0.39, 0.29) is 24.4 Å². The first-order valence-electron chi connectivity index (χ1n) is 12.0. The topological polar surface area (TPSA) is 76.2 Å². The molecule has 180 valence electrons. The van der Waals surface area contributed by atoms with Gasteiger partial charge in [-0.2, -0.15) is 0 Å². The molecule has 8 nitrogen and oxygen atoms in total. The minimum Gasteiger partial charge on any atom is -0.337 e. The highest BCUT2D eigenvalue weighted by molar-refractivity contribution is 5.91. The van der Waals surface area contributed by atoms with Crippen LogP contribution in [0.3, 0.4) is 0 Å². The number of nitrogens with one attached hydrogen (secondary N) is 1. The van der Waals surface area contributed by atoms with Crippen molar-refractivity contribution in [1.29, 1.82) is 0 Å². The highest BCUT2D eigenvalue weighted by Gasteiger charge is 2.50. The molecule has 2 aliphatic rings. The number of piperazine rings is 1. The van der Waals surface area contributed by atoms with Gasteiger partial charge in [-0.25, -0.2) is 14.8 Å². The van der Waals surface area contributed by atoms with E-state index < -0.39 is 12.2 Å². The van der Waals surface area contributed by atoms with Gasteiger partial charge in [0.15, 0.2) is 0 Å². The lowest BCUT2D eigenvalue weighted by Gasteiger charge is -2.54. The highest BCUT2D eigenvalue weighted by atomic mass is 16.2. The van der Waals surface area contributed by atoms with Crippen molar-refractivity contribution < 1.29 is 14.4 Å². The van der Waals surface area contributed by atoms with E-state index >= 15 is 0 Å². The standard InChI is InChI=1S/C26H33N5O3/c1-3-10-22-25(33)29(16-15-20-11-6-4-7-12-20)18-23-30(22)24(32)19-28(2)31(23)26(34)27-17-21-13-8-5-9-14-21/h4-9,11-14,22-23H,3,10,15-19H2,1-2H3,(H,27,34)/t22-,23?/m0/s1. The molecule has 1 unspecified atom stereocenters. The summed E-state index contributed by atoms with van der Waals surface area (Å²) in [6.07, 6.45) is 1.54. The van der Waals surface area contributed by atoms with Gasteiger partial charge in [0.05, 0.1) is 13.1 Å². The summed E-state index contributed by atoms with van der Waals surface area (Å²) in [5.74, 6) is -0.148. The fourth-order valence-corrected chi connectivity index (χ4v) is 4.82. The van der Waals surface area contributed by atoms with Crippen LogP contribution in [-0.2, 0) is 22.6 Å². The zero-order valence-electron chi connectivity index (χ0n) is 19.9. The van der Waals surface area contributed by atoms with Crippen molar-refractivity contribution in [2.75, 3.05) is 26.7 Å². The summed E-state index contributed by atoms with van der Waals surface area (Å²) < 4.78 is 0. The van der Waals surface area contributed by atoms with E-state index in [4.69, 9.17) is 0 Å². The van der Waals surface area contributed by atoms with Gasteiger partial charge in [-0.3, -0.25) is 9.59 Å². The summed E-state index contributed by atoms with van der Waals surface area (Å²) in [6.45, 7) is 3.30. The molecule has 2 saturated heterocycles. The van der Waals surface area contributed by atoms with Crippen LogP contribution in [0.5, 0.6) is 0 Å². The van der Waals surface area contributed by atoms with Gasteiger partial charge in [0.25, 0.3) is 0 Å². The van der Waals surface area contributed by atoms with Crippen LogP contribution >= 0.6 is 0 Å². The van der Waals surface area contributed by atoms with Gasteiger partial charge in [0.1, 0.15) is 12.2 Å². The number of hydrogen-bond acceptors (Lipinski definition) is 4. The Kier molecular flexibility index (Phi) is 7.47. The van der Waals surface area contributed by atoms with Crippen LogP contribution in [0.15, 0.2) is 60.7 Å². The number of fused-ring (bicyclic) bond motifs is 1. The summed E-state index contributed by atoms with van der Waals surface area (Å²) in [5.41, 5.74) is 2.15. The zero-order valence-corrected chi connectivity index (χ0v) is 19.9. The maximum absolute atomic E-state index is 13.4. The zero-order chi connectivity index (χ0) is 24.1. The number of nitrogens with zero attached hydrogens (tertiary/aromatic N) is 4. The predicted molar refractivity (Wildman–Crippen MR) is 129 cm³/mol. The lowest BCUT2D eigenvalue weighted by atomic mass is 10.0. The van der Waals surface area contributed by atoms with Crippen molar-refractivity contribution in [1.82, 2.24) is 25.1 Å². The first kappa shape index (κ1) is 23.8. The third-order valence-electron chi connectivity index (χ3n) is 6.51. The van der Waals surface area contributed by atoms with Crippen molar-refractivity contribution in [3.63, 3.8) is 0 Å². The van der Waals surface area contributed by atoms with Crippen molar-refractivity contribution in [3.8, 4) is 0 Å². The van der Waals surface area contributed by atoms with Gasteiger partial charge in [-0.1, -0.05) is 74.0 Å². The Morgan fingerprint density at radius 3 is 2.29 bits per heavy atom. The molecule has 0 saturated carbocycles. The molecule has 4 amide bonds. The molecule has 0 aromatic heterocycles. The number of hydrazine groups is 1. The van der Waals surface area contributed by atoms with Gasteiger partial charge in [-0.05, 0) is 24.0 Å². The number of benzene rings is 2. The number of hydrogen-bond donors (Lipinski definition) is 1. The van der Waals surface area contributed by atoms with Crippen LogP contribution in [-0.4, -0.2) is 76.6 Å². The highest BCUT2D eigenvalue weighted by Crippen LogP contribution is 2.28. The molecular formula is C26H33N5O3. The van der Waals surface area contributed by atoms with Crippen LogP contribution in [0.4, 0.5) is 4.79 Å². The molecule has 4 rings (SSSR count). The molecule has 0 bridgehead atoms. The summed E-state index contributed by atoms with van der Waals surface area (Å²) in [7, 11) is 1.75. The predicted octanol–water partition coefficient (Wildman–Crippen LogP) is 2.47. The van der Waals surface area contributed by atoms with Crippen molar-refractivity contribution in [2.24, 2.45) is 0 Å². The molecule has 0 radical (unpaired) electrons. The number of rotatable bonds is 7. The minimum atomic E-state index is -0.551. The van der Waals surface area contributed by atoms with Crippen molar-refractivity contribution >= 4 is 17.8 Å². The fourth-order valence-electron chi connectivity index (χ4n) is 4.82. The second kappa shape index (κ2) is 10.7. The van der Waals surface area contributed by atoms with Crippen molar-refractivity contribution in [2.45, 2.75) is 44.9 Å². The monoisotopic (exact) mass is 463 g/mol. The third kappa shape index (κ3) is 5.07. The summed E-state index contributed by atoms with van der Waals surface area (Å²) in [4.78, 5) is 43.2. The number of carbonyl (C=O) groups excluding carboxylic acids is 3. The van der Waals surface area contributed by atoms with E-state index in [9.17, 15) is 14.4 Å². The molecule has 2 atom stereocenters. The van der Waals surface area contributed by atoms with Gasteiger partial charge in [-0.15, -0.1) is 0 Å². The quantitative estimate of drug-likeness (QED) is 0.685. The van der Waals surface area contributed by atoms with Crippen LogP contribution in [0.2, 0.25) is 0 Å². The summed E-state index contributed by atoms with van der Waals surface area (Å²) >= 11 is 0. The SMILES string of the molecule is CCC[C@H]1C(=O)N(CCc2ccccc2)CC2N1C(=O)CN(C)N2C(=O)NCc1ccccc1. The molecule has 0 aliphatic carbocycles. The van der Waals surface area contributed by atoms with Crippen LogP contribution < -0.4 is 5.32 Å². The third-order valence-corrected chi connectivity index (χ3v) is 6.51. The largest absolute Gasteiger partial charge is 0.337 e. The molecule has 2 aliphatic heterocycles. The molecule has 2 aromatic carbocycles. The second-order valence-corrected chi connectivity index (χ2v) is 8.91. The summed E-state index contributed by atoms with van der Waals surface area (Å²) in [5, 5.41) is 6.25. The fraction of sp³-hybridized carbons (Fsp3) is 0.423. The Morgan fingerprint density at radius 2 is 1.65 bits per heavy atom. The molecule has 8 heteroatoms. The van der Waals surface area contributed by atoms with E-state index in [1.807, 2.05) is 72.5 Å². The molecule has 1 N–H and O–H groups in total. The van der Waals surface area contributed by atoms with Gasteiger partial charge in [0, 0.05) is 20.1 Å². The maximum atomic E-state index is 13.4. The number of carbonyl (C=O) groups is 3. The first-order valence-corrected chi connectivity index (χ1v) is 12.0. The number of urea groups is 1. The molecule has 2 heterocycles. The molecular weight excluding hydrogens is 430 g/mol. The van der Waals surface area contributed by atoms with Crippen LogP contribution in [0.25, 0.3) is 0 Å². The molecule has 2 aromatic rings. The Bertz CT molecular complexity index is 1000. The minimum absolute atomic E-state index is 0.0309. The van der Waals surface area contributed by atoms with Crippen LogP contribution in [0, 0.1) is 0 Å². The lowest BCUT2D eigenvalue weighted by molar-refractivity contribution is -0.187. The lowest BCUT2D eigenvalue weighted by Crippen LogP contribution is -2.76. The first-order chi connectivity index (χ1) is 16.5. The Balaban J connectivity index is 1.54. The average molecular weight is 464 g/mol.